The molecule has 0 spiro atoms. The van der Waals surface area contributed by atoms with E-state index in [4.69, 9.17) is 4.74 Å². The highest BCUT2D eigenvalue weighted by atomic mass is 16.6. The molecule has 92 valence electrons. The zero-order valence-corrected chi connectivity index (χ0v) is 10.0. The van der Waals surface area contributed by atoms with Crippen molar-refractivity contribution in [2.45, 2.75) is 25.8 Å². The van der Waals surface area contributed by atoms with Crippen molar-refractivity contribution in [2.75, 3.05) is 18.5 Å². The molecular weight excluding hydrogens is 220 g/mol. The SMILES string of the molecule is Cc1ccc(NC2(C)CCOC2)c([N+](=O)[O-])c1. The maximum atomic E-state index is 11.0. The van der Waals surface area contributed by atoms with Crippen LogP contribution >= 0.6 is 0 Å². The lowest BCUT2D eigenvalue weighted by Gasteiger charge is -2.24. The third-order valence-electron chi connectivity index (χ3n) is 3.01. The number of ether oxygens (including phenoxy) is 1. The van der Waals surface area contributed by atoms with Gasteiger partial charge in [0.2, 0.25) is 0 Å². The minimum Gasteiger partial charge on any atom is -0.379 e. The summed E-state index contributed by atoms with van der Waals surface area (Å²) in [6.07, 6.45) is 0.859. The first-order valence-electron chi connectivity index (χ1n) is 5.61. The zero-order chi connectivity index (χ0) is 12.5. The lowest BCUT2D eigenvalue weighted by atomic mass is 10.0. The van der Waals surface area contributed by atoms with Crippen molar-refractivity contribution in [3.05, 3.63) is 33.9 Å². The quantitative estimate of drug-likeness (QED) is 0.647. The van der Waals surface area contributed by atoms with E-state index in [1.807, 2.05) is 19.9 Å². The number of nitrogens with one attached hydrogen (secondary N) is 1. The Morgan fingerprint density at radius 1 is 1.53 bits per heavy atom. The molecule has 1 unspecified atom stereocenters. The molecule has 1 aliphatic heterocycles. The minimum atomic E-state index is -0.353. The molecule has 1 atom stereocenters. The van der Waals surface area contributed by atoms with Gasteiger partial charge >= 0.3 is 0 Å². The first-order chi connectivity index (χ1) is 8.00. The molecule has 1 heterocycles. The molecule has 0 saturated carbocycles. The number of benzene rings is 1. The van der Waals surface area contributed by atoms with Gasteiger partial charge in [0.1, 0.15) is 5.69 Å². The van der Waals surface area contributed by atoms with Crippen molar-refractivity contribution in [2.24, 2.45) is 0 Å². The van der Waals surface area contributed by atoms with Crippen molar-refractivity contribution in [3.8, 4) is 0 Å². The number of hydrogen-bond donors (Lipinski definition) is 1. The molecule has 5 nitrogen and oxygen atoms in total. The van der Waals surface area contributed by atoms with Crippen LogP contribution in [0.25, 0.3) is 0 Å². The molecule has 1 aliphatic rings. The number of hydrogen-bond acceptors (Lipinski definition) is 4. The topological polar surface area (TPSA) is 64.4 Å². The normalized spacial score (nSPS) is 23.6. The molecule has 1 N–H and O–H groups in total. The molecule has 17 heavy (non-hydrogen) atoms. The fourth-order valence-electron chi connectivity index (χ4n) is 1.99. The Morgan fingerprint density at radius 2 is 2.29 bits per heavy atom. The molecule has 0 radical (unpaired) electrons. The molecule has 0 amide bonds. The standard InChI is InChI=1S/C12H16N2O3/c1-9-3-4-10(11(7-9)14(15)16)13-12(2)5-6-17-8-12/h3-4,7,13H,5-6,8H2,1-2H3. The predicted molar refractivity (Wildman–Crippen MR) is 65.3 cm³/mol. The zero-order valence-electron chi connectivity index (χ0n) is 10.0. The summed E-state index contributed by atoms with van der Waals surface area (Å²) in [5, 5.41) is 14.2. The predicted octanol–water partition coefficient (Wildman–Crippen LogP) is 2.49. The number of anilines is 1. The molecule has 0 aromatic heterocycles. The van der Waals surface area contributed by atoms with E-state index in [1.54, 1.807) is 12.1 Å². The summed E-state index contributed by atoms with van der Waals surface area (Å²) >= 11 is 0. The van der Waals surface area contributed by atoms with Crippen LogP contribution in [0.3, 0.4) is 0 Å². The van der Waals surface area contributed by atoms with E-state index in [0.717, 1.165) is 12.0 Å². The number of nitrogens with zero attached hydrogens (tertiary/aromatic N) is 1. The van der Waals surface area contributed by atoms with Gasteiger partial charge in [-0.1, -0.05) is 6.07 Å². The number of aryl methyl sites for hydroxylation is 1. The maximum absolute atomic E-state index is 11.0. The molecule has 1 saturated heterocycles. The van der Waals surface area contributed by atoms with Crippen LogP contribution in [0.15, 0.2) is 18.2 Å². The van der Waals surface area contributed by atoms with Gasteiger partial charge in [-0.3, -0.25) is 10.1 Å². The Balaban J connectivity index is 2.28. The second-order valence-electron chi connectivity index (χ2n) is 4.77. The highest BCUT2D eigenvalue weighted by Gasteiger charge is 2.31. The fourth-order valence-corrected chi connectivity index (χ4v) is 1.99. The summed E-state index contributed by atoms with van der Waals surface area (Å²) in [5.41, 5.74) is 1.36. The van der Waals surface area contributed by atoms with Crippen molar-refractivity contribution in [3.63, 3.8) is 0 Å². The van der Waals surface area contributed by atoms with E-state index in [1.165, 1.54) is 0 Å². The smallest absolute Gasteiger partial charge is 0.292 e. The van der Waals surface area contributed by atoms with E-state index in [2.05, 4.69) is 5.32 Å². The van der Waals surface area contributed by atoms with Crippen molar-refractivity contribution in [1.29, 1.82) is 0 Å². The number of nitro benzene ring substituents is 1. The molecule has 1 aromatic carbocycles. The molecule has 0 aliphatic carbocycles. The maximum Gasteiger partial charge on any atom is 0.292 e. The first kappa shape index (κ1) is 11.9. The summed E-state index contributed by atoms with van der Waals surface area (Å²) < 4.78 is 5.32. The van der Waals surface area contributed by atoms with Crippen LogP contribution in [0.5, 0.6) is 0 Å². The van der Waals surface area contributed by atoms with Gasteiger partial charge in [-0.15, -0.1) is 0 Å². The van der Waals surface area contributed by atoms with Gasteiger partial charge in [0.15, 0.2) is 0 Å². The summed E-state index contributed by atoms with van der Waals surface area (Å²) in [6, 6.07) is 5.22. The van der Waals surface area contributed by atoms with Crippen LogP contribution in [0.4, 0.5) is 11.4 Å². The molecule has 2 rings (SSSR count). The Hall–Kier alpha value is -1.62. The highest BCUT2D eigenvalue weighted by Crippen LogP contribution is 2.30. The van der Waals surface area contributed by atoms with E-state index in [0.29, 0.717) is 18.9 Å². The van der Waals surface area contributed by atoms with Crippen molar-refractivity contribution >= 4 is 11.4 Å². The second-order valence-corrected chi connectivity index (χ2v) is 4.77. The lowest BCUT2D eigenvalue weighted by Crippen LogP contribution is -2.35. The molecular formula is C12H16N2O3. The molecule has 5 heteroatoms. The van der Waals surface area contributed by atoms with Gasteiger partial charge in [-0.25, -0.2) is 0 Å². The van der Waals surface area contributed by atoms with Crippen LogP contribution in [-0.4, -0.2) is 23.7 Å². The lowest BCUT2D eigenvalue weighted by molar-refractivity contribution is -0.384. The van der Waals surface area contributed by atoms with E-state index in [-0.39, 0.29) is 16.1 Å². The average Bonchev–Trinajstić information content (AvgIpc) is 2.67. The van der Waals surface area contributed by atoms with Crippen molar-refractivity contribution < 1.29 is 9.66 Å². The second kappa shape index (κ2) is 4.33. The van der Waals surface area contributed by atoms with Crippen molar-refractivity contribution in [1.82, 2.24) is 0 Å². The highest BCUT2D eigenvalue weighted by molar-refractivity contribution is 5.63. The van der Waals surface area contributed by atoms with Crippen LogP contribution in [0.2, 0.25) is 0 Å². The van der Waals surface area contributed by atoms with Gasteiger partial charge in [0.25, 0.3) is 5.69 Å². The summed E-state index contributed by atoms with van der Waals surface area (Å²) in [6.45, 7) is 5.14. The Kier molecular flexibility index (Phi) is 3.02. The van der Waals surface area contributed by atoms with Crippen LogP contribution in [-0.2, 0) is 4.74 Å². The molecule has 1 fully saturated rings. The molecule has 0 bridgehead atoms. The van der Waals surface area contributed by atoms with Crippen LogP contribution in [0.1, 0.15) is 18.9 Å². The summed E-state index contributed by atoms with van der Waals surface area (Å²) in [5.74, 6) is 0. The van der Waals surface area contributed by atoms with Crippen LogP contribution < -0.4 is 5.32 Å². The number of nitro groups is 1. The van der Waals surface area contributed by atoms with E-state index in [9.17, 15) is 10.1 Å². The summed E-state index contributed by atoms with van der Waals surface area (Å²) in [4.78, 5) is 10.6. The Labute approximate surface area is 99.9 Å². The molecule has 1 aromatic rings. The Morgan fingerprint density at radius 3 is 2.88 bits per heavy atom. The monoisotopic (exact) mass is 236 g/mol. The van der Waals surface area contributed by atoms with E-state index < -0.39 is 0 Å². The van der Waals surface area contributed by atoms with Gasteiger partial charge in [-0.2, -0.15) is 0 Å². The van der Waals surface area contributed by atoms with Gasteiger partial charge in [0, 0.05) is 12.7 Å². The third-order valence-corrected chi connectivity index (χ3v) is 3.01. The van der Waals surface area contributed by atoms with Gasteiger partial charge in [-0.05, 0) is 31.9 Å². The third kappa shape index (κ3) is 2.55. The van der Waals surface area contributed by atoms with Gasteiger partial charge in [0.05, 0.1) is 17.1 Å². The minimum absolute atomic E-state index is 0.123. The average molecular weight is 236 g/mol. The largest absolute Gasteiger partial charge is 0.379 e. The Bertz CT molecular complexity index is 439. The fraction of sp³-hybridized carbons (Fsp3) is 0.500. The number of rotatable bonds is 3. The first-order valence-corrected chi connectivity index (χ1v) is 5.61. The van der Waals surface area contributed by atoms with Crippen LogP contribution in [0, 0.1) is 17.0 Å². The summed E-state index contributed by atoms with van der Waals surface area (Å²) in [7, 11) is 0. The van der Waals surface area contributed by atoms with E-state index >= 15 is 0 Å². The van der Waals surface area contributed by atoms with Gasteiger partial charge < -0.3 is 10.1 Å².